The van der Waals surface area contributed by atoms with Crippen LogP contribution < -0.4 is 16.0 Å². The van der Waals surface area contributed by atoms with Gasteiger partial charge >= 0.3 is 0 Å². The lowest BCUT2D eigenvalue weighted by molar-refractivity contribution is -0.114. The zero-order valence-electron chi connectivity index (χ0n) is 14.5. The molecule has 0 spiro atoms. The van der Waals surface area contributed by atoms with Crippen molar-refractivity contribution in [2.24, 2.45) is 0 Å². The first-order valence-corrected chi connectivity index (χ1v) is 8.33. The predicted molar refractivity (Wildman–Crippen MR) is 102 cm³/mol. The highest BCUT2D eigenvalue weighted by molar-refractivity contribution is 6.30. The lowest BCUT2D eigenvalue weighted by Crippen LogP contribution is -2.40. The van der Waals surface area contributed by atoms with Gasteiger partial charge in [-0.1, -0.05) is 17.7 Å². The molecule has 0 aliphatic heterocycles. The molecule has 0 radical (unpaired) electrons. The number of hydrogen-bond donors (Lipinski definition) is 3. The molecule has 0 bridgehead atoms. The summed E-state index contributed by atoms with van der Waals surface area (Å²) in [6.45, 7) is 5.90. The molecule has 0 aliphatic carbocycles. The highest BCUT2D eigenvalue weighted by Crippen LogP contribution is 2.15. The van der Waals surface area contributed by atoms with Crippen LogP contribution in [0.4, 0.5) is 11.4 Å². The number of amides is 2. The summed E-state index contributed by atoms with van der Waals surface area (Å²) in [5.74, 6) is -0.311. The monoisotopic (exact) mass is 359 g/mol. The topological polar surface area (TPSA) is 70.2 Å². The van der Waals surface area contributed by atoms with Crippen LogP contribution in [0.1, 0.15) is 31.1 Å². The van der Waals surface area contributed by atoms with Gasteiger partial charge in [-0.25, -0.2) is 0 Å². The third-order valence-corrected chi connectivity index (χ3v) is 3.43. The van der Waals surface area contributed by atoms with Gasteiger partial charge < -0.3 is 16.0 Å². The fraction of sp³-hybridized carbons (Fsp3) is 0.263. The molecule has 2 amide bonds. The first-order valence-electron chi connectivity index (χ1n) is 7.95. The van der Waals surface area contributed by atoms with Gasteiger partial charge in [-0.2, -0.15) is 0 Å². The van der Waals surface area contributed by atoms with Gasteiger partial charge in [0.2, 0.25) is 5.91 Å². The molecule has 0 saturated carbocycles. The first-order chi connectivity index (χ1) is 11.7. The van der Waals surface area contributed by atoms with Gasteiger partial charge in [0, 0.05) is 27.5 Å². The fourth-order valence-electron chi connectivity index (χ4n) is 2.11. The average molecular weight is 360 g/mol. The van der Waals surface area contributed by atoms with Gasteiger partial charge in [-0.15, -0.1) is 0 Å². The van der Waals surface area contributed by atoms with Crippen LogP contribution in [0, 0.1) is 0 Å². The Kier molecular flexibility index (Phi) is 6.04. The number of hydrogen-bond acceptors (Lipinski definition) is 3. The molecule has 0 aromatic heterocycles. The molecule has 132 valence electrons. The smallest absolute Gasteiger partial charge is 0.251 e. The SMILES string of the molecule is CC(C)(C)NC(=O)c1ccc(NCC(=O)Nc2cccc(Cl)c2)cc1. The summed E-state index contributed by atoms with van der Waals surface area (Å²) in [6.07, 6.45) is 0. The van der Waals surface area contributed by atoms with E-state index in [4.69, 9.17) is 11.6 Å². The first kappa shape index (κ1) is 18.8. The van der Waals surface area contributed by atoms with Gasteiger partial charge in [0.1, 0.15) is 0 Å². The number of rotatable bonds is 5. The Labute approximate surface area is 152 Å². The highest BCUT2D eigenvalue weighted by atomic mass is 35.5. The van der Waals surface area contributed by atoms with Crippen molar-refractivity contribution in [3.05, 3.63) is 59.1 Å². The van der Waals surface area contributed by atoms with Crippen LogP contribution in [-0.2, 0) is 4.79 Å². The van der Waals surface area contributed by atoms with Crippen LogP contribution in [0.5, 0.6) is 0 Å². The Balaban J connectivity index is 1.87. The summed E-state index contributed by atoms with van der Waals surface area (Å²) in [5, 5.41) is 9.24. The van der Waals surface area contributed by atoms with Crippen LogP contribution in [0.2, 0.25) is 5.02 Å². The second kappa shape index (κ2) is 8.03. The van der Waals surface area contributed by atoms with Gasteiger partial charge in [0.05, 0.1) is 6.54 Å². The summed E-state index contributed by atoms with van der Waals surface area (Å²) in [7, 11) is 0. The molecule has 2 aromatic rings. The summed E-state index contributed by atoms with van der Waals surface area (Å²) < 4.78 is 0. The number of carbonyl (C=O) groups excluding carboxylic acids is 2. The predicted octanol–water partition coefficient (Wildman–Crippen LogP) is 3.92. The van der Waals surface area contributed by atoms with Gasteiger partial charge in [-0.3, -0.25) is 9.59 Å². The van der Waals surface area contributed by atoms with Crippen LogP contribution in [0.25, 0.3) is 0 Å². The normalized spacial score (nSPS) is 10.9. The Bertz CT molecular complexity index is 752. The molecule has 2 aromatic carbocycles. The van der Waals surface area contributed by atoms with Crippen LogP contribution in [0.15, 0.2) is 48.5 Å². The molecule has 3 N–H and O–H groups in total. The standard InChI is InChI=1S/C19H22ClN3O2/c1-19(2,3)23-18(25)13-7-9-15(10-8-13)21-12-17(24)22-16-6-4-5-14(20)11-16/h4-11,21H,12H2,1-3H3,(H,22,24)(H,23,25). The van der Waals surface area contributed by atoms with E-state index in [1.54, 1.807) is 48.5 Å². The molecule has 5 nitrogen and oxygen atoms in total. The van der Waals surface area contributed by atoms with E-state index in [9.17, 15) is 9.59 Å². The van der Waals surface area contributed by atoms with E-state index in [1.165, 1.54) is 0 Å². The number of benzene rings is 2. The summed E-state index contributed by atoms with van der Waals surface area (Å²) in [5.41, 5.74) is 1.69. The second-order valence-corrected chi connectivity index (χ2v) is 7.13. The Morgan fingerprint density at radius 1 is 1.00 bits per heavy atom. The van der Waals surface area contributed by atoms with Crippen molar-refractivity contribution < 1.29 is 9.59 Å². The zero-order valence-corrected chi connectivity index (χ0v) is 15.3. The molecule has 0 unspecified atom stereocenters. The molecule has 0 atom stereocenters. The quantitative estimate of drug-likeness (QED) is 0.757. The average Bonchev–Trinajstić information content (AvgIpc) is 2.52. The van der Waals surface area contributed by atoms with Gasteiger partial charge in [-0.05, 0) is 63.2 Å². The van der Waals surface area contributed by atoms with Crippen LogP contribution in [0.3, 0.4) is 0 Å². The number of carbonyl (C=O) groups is 2. The number of anilines is 2. The van der Waals surface area contributed by atoms with E-state index in [-0.39, 0.29) is 23.9 Å². The molecule has 2 rings (SSSR count). The lowest BCUT2D eigenvalue weighted by Gasteiger charge is -2.20. The third kappa shape index (κ3) is 6.47. The summed E-state index contributed by atoms with van der Waals surface area (Å²) in [4.78, 5) is 24.0. The maximum atomic E-state index is 12.1. The van der Waals surface area contributed by atoms with Crippen molar-refractivity contribution >= 4 is 34.8 Å². The minimum Gasteiger partial charge on any atom is -0.376 e. The maximum Gasteiger partial charge on any atom is 0.251 e. The summed E-state index contributed by atoms with van der Waals surface area (Å²) in [6, 6.07) is 13.9. The van der Waals surface area contributed by atoms with E-state index < -0.39 is 0 Å². The molecule has 0 heterocycles. The van der Waals surface area contributed by atoms with Crippen molar-refractivity contribution in [2.75, 3.05) is 17.2 Å². The molecule has 0 aliphatic rings. The van der Waals surface area contributed by atoms with Crippen molar-refractivity contribution in [1.82, 2.24) is 5.32 Å². The van der Waals surface area contributed by atoms with Crippen molar-refractivity contribution in [1.29, 1.82) is 0 Å². The van der Waals surface area contributed by atoms with Crippen molar-refractivity contribution in [2.45, 2.75) is 26.3 Å². The maximum absolute atomic E-state index is 12.1. The van der Waals surface area contributed by atoms with Crippen molar-refractivity contribution in [3.8, 4) is 0 Å². The Hall–Kier alpha value is -2.53. The second-order valence-electron chi connectivity index (χ2n) is 6.69. The number of halogens is 1. The lowest BCUT2D eigenvalue weighted by atomic mass is 10.1. The highest BCUT2D eigenvalue weighted by Gasteiger charge is 2.15. The largest absolute Gasteiger partial charge is 0.376 e. The van der Waals surface area contributed by atoms with E-state index in [2.05, 4.69) is 16.0 Å². The molecule has 6 heteroatoms. The zero-order chi connectivity index (χ0) is 18.4. The summed E-state index contributed by atoms with van der Waals surface area (Å²) >= 11 is 5.88. The van der Waals surface area contributed by atoms with E-state index >= 15 is 0 Å². The molecular weight excluding hydrogens is 338 g/mol. The molecule has 0 saturated heterocycles. The van der Waals surface area contributed by atoms with E-state index in [0.29, 0.717) is 16.3 Å². The Morgan fingerprint density at radius 2 is 1.68 bits per heavy atom. The van der Waals surface area contributed by atoms with Crippen LogP contribution in [-0.4, -0.2) is 23.9 Å². The van der Waals surface area contributed by atoms with E-state index in [0.717, 1.165) is 5.69 Å². The van der Waals surface area contributed by atoms with Gasteiger partial charge in [0.15, 0.2) is 0 Å². The number of nitrogens with one attached hydrogen (secondary N) is 3. The van der Waals surface area contributed by atoms with Crippen LogP contribution >= 0.6 is 11.6 Å². The molecule has 0 fully saturated rings. The minimum atomic E-state index is -0.285. The molecular formula is C19H22ClN3O2. The Morgan fingerprint density at radius 3 is 2.28 bits per heavy atom. The van der Waals surface area contributed by atoms with Gasteiger partial charge in [0.25, 0.3) is 5.91 Å². The minimum absolute atomic E-state index is 0.111. The third-order valence-electron chi connectivity index (χ3n) is 3.20. The van der Waals surface area contributed by atoms with E-state index in [1.807, 2.05) is 20.8 Å². The molecule has 25 heavy (non-hydrogen) atoms. The van der Waals surface area contributed by atoms with Crippen molar-refractivity contribution in [3.63, 3.8) is 0 Å². The fourth-order valence-corrected chi connectivity index (χ4v) is 2.30.